The number of ether oxygens (including phenoxy) is 2. The van der Waals surface area contributed by atoms with E-state index in [1.54, 1.807) is 17.2 Å². The van der Waals surface area contributed by atoms with Gasteiger partial charge in [0.2, 0.25) is 5.91 Å². The summed E-state index contributed by atoms with van der Waals surface area (Å²) in [5, 5.41) is 0. The Morgan fingerprint density at radius 3 is 2.81 bits per heavy atom. The van der Waals surface area contributed by atoms with E-state index in [9.17, 15) is 13.6 Å². The summed E-state index contributed by atoms with van der Waals surface area (Å²) in [7, 11) is 0. The first-order valence-corrected chi connectivity index (χ1v) is 6.88. The maximum Gasteiger partial charge on any atom is 0.586 e. The number of halogens is 2. The molecule has 0 aromatic heterocycles. The molecule has 0 aliphatic carbocycles. The van der Waals surface area contributed by atoms with Crippen LogP contribution in [-0.2, 0) is 4.79 Å². The molecule has 2 aliphatic heterocycles. The number of carbonyl (C=O) groups is 1. The van der Waals surface area contributed by atoms with Crippen LogP contribution in [-0.4, -0.2) is 17.1 Å². The lowest BCUT2D eigenvalue weighted by atomic mass is 10.0. The summed E-state index contributed by atoms with van der Waals surface area (Å²) in [5.74, 6) is 0.0517. The lowest BCUT2D eigenvalue weighted by Gasteiger charge is -2.30. The summed E-state index contributed by atoms with van der Waals surface area (Å²) in [6.45, 7) is 1.94. The van der Waals surface area contributed by atoms with Crippen molar-refractivity contribution in [2.24, 2.45) is 0 Å². The van der Waals surface area contributed by atoms with Crippen molar-refractivity contribution in [3.05, 3.63) is 36.0 Å². The van der Waals surface area contributed by atoms with Crippen molar-refractivity contribution in [2.75, 3.05) is 0 Å². The van der Waals surface area contributed by atoms with Crippen LogP contribution in [0.15, 0.2) is 30.5 Å². The van der Waals surface area contributed by atoms with Crippen LogP contribution >= 0.6 is 0 Å². The lowest BCUT2D eigenvalue weighted by Crippen LogP contribution is -2.31. The van der Waals surface area contributed by atoms with Gasteiger partial charge in [-0.1, -0.05) is 19.1 Å². The highest BCUT2D eigenvalue weighted by molar-refractivity contribution is 5.79. The first-order valence-electron chi connectivity index (χ1n) is 6.88. The van der Waals surface area contributed by atoms with Crippen LogP contribution in [0.3, 0.4) is 0 Å². The molecule has 2 aliphatic rings. The van der Waals surface area contributed by atoms with E-state index in [1.807, 2.05) is 13.0 Å². The molecule has 0 bridgehead atoms. The fourth-order valence-corrected chi connectivity index (χ4v) is 2.65. The minimum Gasteiger partial charge on any atom is -0.395 e. The van der Waals surface area contributed by atoms with Crippen LogP contribution in [0.25, 0.3) is 0 Å². The van der Waals surface area contributed by atoms with Gasteiger partial charge in [0, 0.05) is 12.6 Å². The Kier molecular flexibility index (Phi) is 3.31. The fraction of sp³-hybridized carbons (Fsp3) is 0.400. The van der Waals surface area contributed by atoms with Crippen molar-refractivity contribution >= 4 is 5.91 Å². The minimum atomic E-state index is -3.62. The summed E-state index contributed by atoms with van der Waals surface area (Å²) < 4.78 is 34.9. The van der Waals surface area contributed by atoms with Gasteiger partial charge in [-0.05, 0) is 30.5 Å². The molecule has 1 aromatic carbocycles. The Labute approximate surface area is 120 Å². The molecule has 0 spiro atoms. The highest BCUT2D eigenvalue weighted by Gasteiger charge is 2.43. The maximum atomic E-state index is 13.0. The van der Waals surface area contributed by atoms with Crippen molar-refractivity contribution in [3.63, 3.8) is 0 Å². The van der Waals surface area contributed by atoms with Gasteiger partial charge in [0.25, 0.3) is 0 Å². The molecule has 21 heavy (non-hydrogen) atoms. The summed E-state index contributed by atoms with van der Waals surface area (Å²) in [5.41, 5.74) is 0.748. The van der Waals surface area contributed by atoms with Gasteiger partial charge >= 0.3 is 6.29 Å². The zero-order valence-electron chi connectivity index (χ0n) is 11.5. The number of hydrogen-bond acceptors (Lipinski definition) is 3. The van der Waals surface area contributed by atoms with Crippen molar-refractivity contribution in [1.82, 2.24) is 4.90 Å². The second-order valence-corrected chi connectivity index (χ2v) is 5.02. The normalized spacial score (nSPS) is 20.7. The smallest absolute Gasteiger partial charge is 0.395 e. The van der Waals surface area contributed by atoms with E-state index in [1.165, 1.54) is 12.1 Å². The third-order valence-corrected chi connectivity index (χ3v) is 3.61. The number of nitrogens with zero attached hydrogens (tertiary/aromatic N) is 1. The predicted molar refractivity (Wildman–Crippen MR) is 70.9 cm³/mol. The summed E-state index contributed by atoms with van der Waals surface area (Å²) >= 11 is 0. The highest BCUT2D eigenvalue weighted by Crippen LogP contribution is 2.43. The molecule has 1 aromatic rings. The Bertz CT molecular complexity index is 601. The van der Waals surface area contributed by atoms with Crippen LogP contribution < -0.4 is 9.47 Å². The van der Waals surface area contributed by atoms with E-state index in [0.717, 1.165) is 12.0 Å². The maximum absolute atomic E-state index is 13.0. The monoisotopic (exact) mass is 295 g/mol. The van der Waals surface area contributed by atoms with Crippen molar-refractivity contribution in [2.45, 2.75) is 38.5 Å². The zero-order valence-corrected chi connectivity index (χ0v) is 11.5. The molecule has 112 valence electrons. The molecule has 2 heterocycles. The van der Waals surface area contributed by atoms with E-state index in [-0.39, 0.29) is 23.4 Å². The first-order chi connectivity index (χ1) is 10.00. The second-order valence-electron chi connectivity index (χ2n) is 5.02. The SMILES string of the molecule is CCC(c1ccc2c(c1)OC(F)(F)O2)N1C=CCCC1=O. The fourth-order valence-electron chi connectivity index (χ4n) is 2.65. The first kappa shape index (κ1) is 13.9. The molecular formula is C15H15F2NO3. The highest BCUT2D eigenvalue weighted by atomic mass is 19.3. The molecule has 0 radical (unpaired) electrons. The number of benzene rings is 1. The molecule has 1 unspecified atom stereocenters. The van der Waals surface area contributed by atoms with Gasteiger partial charge in [-0.3, -0.25) is 4.79 Å². The van der Waals surface area contributed by atoms with Gasteiger partial charge in [0.15, 0.2) is 11.5 Å². The average Bonchev–Trinajstić information content (AvgIpc) is 2.75. The number of allylic oxidation sites excluding steroid dienone is 1. The minimum absolute atomic E-state index is 0.00406. The van der Waals surface area contributed by atoms with Gasteiger partial charge in [0.1, 0.15) is 0 Å². The number of fused-ring (bicyclic) bond motifs is 1. The number of hydrogen-bond donors (Lipinski definition) is 0. The number of rotatable bonds is 3. The quantitative estimate of drug-likeness (QED) is 0.855. The molecule has 1 amide bonds. The van der Waals surface area contributed by atoms with Gasteiger partial charge in [-0.15, -0.1) is 8.78 Å². The molecule has 3 rings (SSSR count). The molecule has 0 saturated heterocycles. The molecule has 0 fully saturated rings. The third-order valence-electron chi connectivity index (χ3n) is 3.61. The second kappa shape index (κ2) is 5.02. The van der Waals surface area contributed by atoms with Crippen LogP contribution in [0.2, 0.25) is 0 Å². The van der Waals surface area contributed by atoms with Crippen molar-refractivity contribution in [1.29, 1.82) is 0 Å². The van der Waals surface area contributed by atoms with Crippen molar-refractivity contribution in [3.8, 4) is 11.5 Å². The van der Waals surface area contributed by atoms with E-state index < -0.39 is 6.29 Å². The molecular weight excluding hydrogens is 280 g/mol. The van der Waals surface area contributed by atoms with E-state index in [2.05, 4.69) is 9.47 Å². The zero-order chi connectivity index (χ0) is 15.0. The van der Waals surface area contributed by atoms with Gasteiger partial charge < -0.3 is 14.4 Å². The van der Waals surface area contributed by atoms with Gasteiger partial charge in [-0.2, -0.15) is 0 Å². The Morgan fingerprint density at radius 1 is 1.33 bits per heavy atom. The standard InChI is InChI=1S/C15H15F2NO3/c1-2-11(18-8-4-3-5-14(18)19)10-6-7-12-13(9-10)21-15(16,17)20-12/h4,6-9,11H,2-3,5H2,1H3. The summed E-state index contributed by atoms with van der Waals surface area (Å²) in [6, 6.07) is 4.46. The molecule has 6 heteroatoms. The Morgan fingerprint density at radius 2 is 2.10 bits per heavy atom. The number of alkyl halides is 2. The van der Waals surface area contributed by atoms with Crippen LogP contribution in [0.1, 0.15) is 37.8 Å². The van der Waals surface area contributed by atoms with Gasteiger partial charge in [-0.25, -0.2) is 0 Å². The number of carbonyl (C=O) groups excluding carboxylic acids is 1. The largest absolute Gasteiger partial charge is 0.586 e. The van der Waals surface area contributed by atoms with E-state index in [0.29, 0.717) is 12.8 Å². The Balaban J connectivity index is 1.91. The topological polar surface area (TPSA) is 38.8 Å². The summed E-state index contributed by atoms with van der Waals surface area (Å²) in [6.07, 6.45) is 1.95. The average molecular weight is 295 g/mol. The van der Waals surface area contributed by atoms with Crippen LogP contribution in [0.5, 0.6) is 11.5 Å². The third kappa shape index (κ3) is 2.57. The number of amides is 1. The molecule has 1 atom stereocenters. The van der Waals surface area contributed by atoms with E-state index >= 15 is 0 Å². The molecule has 0 saturated carbocycles. The van der Waals surface area contributed by atoms with Gasteiger partial charge in [0.05, 0.1) is 6.04 Å². The summed E-state index contributed by atoms with van der Waals surface area (Å²) in [4.78, 5) is 13.7. The predicted octanol–water partition coefficient (Wildman–Crippen LogP) is 3.60. The van der Waals surface area contributed by atoms with E-state index in [4.69, 9.17) is 0 Å². The lowest BCUT2D eigenvalue weighted by molar-refractivity contribution is -0.286. The van der Waals surface area contributed by atoms with Crippen LogP contribution in [0, 0.1) is 0 Å². The van der Waals surface area contributed by atoms with Crippen LogP contribution in [0.4, 0.5) is 8.78 Å². The Hall–Kier alpha value is -2.11. The molecule has 0 N–H and O–H groups in total. The van der Waals surface area contributed by atoms with Crippen molar-refractivity contribution < 1.29 is 23.0 Å². The molecule has 4 nitrogen and oxygen atoms in total.